The van der Waals surface area contributed by atoms with Gasteiger partial charge in [-0.25, -0.2) is 15.0 Å². The third kappa shape index (κ3) is 3.24. The lowest BCUT2D eigenvalue weighted by molar-refractivity contribution is -0.140. The lowest BCUT2D eigenvalue weighted by atomic mass is 10.0. The van der Waals surface area contributed by atoms with Gasteiger partial charge in [0.15, 0.2) is 0 Å². The van der Waals surface area contributed by atoms with Crippen LogP contribution in [0.2, 0.25) is 0 Å². The highest BCUT2D eigenvalue weighted by atomic mass is 16.5. The predicted octanol–water partition coefficient (Wildman–Crippen LogP) is 0.726. The quantitative estimate of drug-likeness (QED) is 0.741. The maximum absolute atomic E-state index is 12.7. The zero-order valence-electron chi connectivity index (χ0n) is 18.3. The number of likely N-dealkylation sites (tertiary alicyclic amines) is 1. The Labute approximate surface area is 186 Å². The zero-order chi connectivity index (χ0) is 21.9. The van der Waals surface area contributed by atoms with Gasteiger partial charge < -0.3 is 25.2 Å². The summed E-state index contributed by atoms with van der Waals surface area (Å²) < 4.78 is 5.52. The first-order chi connectivity index (χ1) is 15.5. The molecule has 1 saturated carbocycles. The van der Waals surface area contributed by atoms with Gasteiger partial charge in [0.1, 0.15) is 5.82 Å². The van der Waals surface area contributed by atoms with E-state index in [1.165, 1.54) is 0 Å². The molecule has 6 rings (SSSR count). The van der Waals surface area contributed by atoms with E-state index in [2.05, 4.69) is 26.7 Å². The van der Waals surface area contributed by atoms with E-state index in [9.17, 15) is 4.79 Å². The van der Waals surface area contributed by atoms with E-state index in [1.54, 1.807) is 12.4 Å². The number of morpholine rings is 1. The van der Waals surface area contributed by atoms with E-state index in [-0.39, 0.29) is 11.4 Å². The number of carbonyl (C=O) groups is 1. The number of anilines is 3. The Morgan fingerprint density at radius 1 is 1.12 bits per heavy atom. The highest BCUT2D eigenvalue weighted by Crippen LogP contribution is 2.47. The molecule has 2 saturated heterocycles. The molecular weight excluding hydrogens is 408 g/mol. The van der Waals surface area contributed by atoms with Crippen LogP contribution in [-0.2, 0) is 16.0 Å². The van der Waals surface area contributed by atoms with Crippen molar-refractivity contribution >= 4 is 23.6 Å². The maximum Gasteiger partial charge on any atom is 0.228 e. The molecule has 2 aromatic rings. The minimum Gasteiger partial charge on any atom is -0.378 e. The first-order valence-electron chi connectivity index (χ1n) is 11.4. The van der Waals surface area contributed by atoms with Crippen LogP contribution < -0.4 is 15.5 Å². The van der Waals surface area contributed by atoms with Gasteiger partial charge in [-0.3, -0.25) is 4.79 Å². The summed E-state index contributed by atoms with van der Waals surface area (Å²) in [6.07, 6.45) is 6.36. The number of amides is 1. The molecule has 0 bridgehead atoms. The van der Waals surface area contributed by atoms with E-state index in [0.717, 1.165) is 74.6 Å². The molecule has 0 radical (unpaired) electrons. The Morgan fingerprint density at radius 2 is 1.84 bits per heavy atom. The van der Waals surface area contributed by atoms with Crippen molar-refractivity contribution in [2.24, 2.45) is 5.41 Å². The van der Waals surface area contributed by atoms with Crippen molar-refractivity contribution < 1.29 is 9.53 Å². The number of hydrogen-bond donors (Lipinski definition) is 1. The molecule has 0 spiro atoms. The van der Waals surface area contributed by atoms with E-state index in [4.69, 9.17) is 20.4 Å². The number of fused-ring (bicyclic) bond motifs is 1. The fourth-order valence-corrected chi connectivity index (χ4v) is 4.83. The molecule has 1 amide bonds. The molecule has 3 aliphatic heterocycles. The monoisotopic (exact) mass is 436 g/mol. The van der Waals surface area contributed by atoms with Crippen LogP contribution in [-0.4, -0.2) is 82.7 Å². The maximum atomic E-state index is 12.7. The summed E-state index contributed by atoms with van der Waals surface area (Å²) in [6.45, 7) is 7.36. The number of hydrogen-bond acceptors (Lipinski definition) is 9. The smallest absolute Gasteiger partial charge is 0.228 e. The van der Waals surface area contributed by atoms with Crippen molar-refractivity contribution in [3.63, 3.8) is 0 Å². The van der Waals surface area contributed by atoms with Crippen LogP contribution in [0.25, 0.3) is 11.3 Å². The Balaban J connectivity index is 1.32. The second kappa shape index (κ2) is 7.26. The highest BCUT2D eigenvalue weighted by Gasteiger charge is 2.50. The van der Waals surface area contributed by atoms with Crippen molar-refractivity contribution in [3.05, 3.63) is 18.0 Å². The second-order valence-electron chi connectivity index (χ2n) is 9.47. The molecule has 3 fully saturated rings. The first-order valence-corrected chi connectivity index (χ1v) is 11.4. The van der Waals surface area contributed by atoms with Gasteiger partial charge in [0.2, 0.25) is 17.8 Å². The summed E-state index contributed by atoms with van der Waals surface area (Å²) in [5.74, 6) is 2.24. The molecule has 4 aliphatic rings. The molecule has 10 heteroatoms. The molecule has 2 N–H and O–H groups in total. The summed E-state index contributed by atoms with van der Waals surface area (Å²) in [5, 5.41) is 0. The predicted molar refractivity (Wildman–Crippen MR) is 119 cm³/mol. The number of nitrogen functional groups attached to an aromatic ring is 1. The van der Waals surface area contributed by atoms with E-state index < -0.39 is 0 Å². The van der Waals surface area contributed by atoms with Crippen LogP contribution in [0, 0.1) is 5.41 Å². The van der Waals surface area contributed by atoms with Crippen LogP contribution in [0.4, 0.5) is 17.7 Å². The Hall–Kier alpha value is -3.01. The summed E-state index contributed by atoms with van der Waals surface area (Å²) >= 11 is 0. The third-order valence-electron chi connectivity index (χ3n) is 7.19. The van der Waals surface area contributed by atoms with Gasteiger partial charge in [0.05, 0.1) is 24.9 Å². The fourth-order valence-electron chi connectivity index (χ4n) is 4.83. The minimum absolute atomic E-state index is 0.109. The van der Waals surface area contributed by atoms with Crippen molar-refractivity contribution in [2.75, 3.05) is 61.5 Å². The van der Waals surface area contributed by atoms with E-state index in [1.807, 2.05) is 4.90 Å². The molecule has 32 heavy (non-hydrogen) atoms. The normalized spacial score (nSPS) is 22.0. The van der Waals surface area contributed by atoms with E-state index in [0.29, 0.717) is 31.1 Å². The van der Waals surface area contributed by atoms with Gasteiger partial charge in [0.25, 0.3) is 0 Å². The van der Waals surface area contributed by atoms with Gasteiger partial charge in [-0.15, -0.1) is 0 Å². The number of aromatic nitrogens is 4. The molecule has 5 heterocycles. The van der Waals surface area contributed by atoms with Gasteiger partial charge >= 0.3 is 0 Å². The average molecular weight is 437 g/mol. The number of nitrogens with zero attached hydrogens (tertiary/aromatic N) is 7. The fraction of sp³-hybridized carbons (Fsp3) is 0.591. The molecule has 0 unspecified atom stereocenters. The zero-order valence-corrected chi connectivity index (χ0v) is 18.3. The number of ether oxygens (including phenoxy) is 1. The van der Waals surface area contributed by atoms with Gasteiger partial charge in [-0.2, -0.15) is 4.98 Å². The van der Waals surface area contributed by atoms with Gasteiger partial charge in [-0.05, 0) is 19.3 Å². The molecule has 168 valence electrons. The number of nitrogens with two attached hydrogens (primary N) is 1. The second-order valence-corrected chi connectivity index (χ2v) is 9.47. The topological polar surface area (TPSA) is 114 Å². The van der Waals surface area contributed by atoms with Crippen molar-refractivity contribution in [1.82, 2.24) is 24.8 Å². The molecule has 2 aromatic heterocycles. The van der Waals surface area contributed by atoms with Crippen molar-refractivity contribution in [2.45, 2.75) is 32.2 Å². The van der Waals surface area contributed by atoms with Crippen LogP contribution in [0.3, 0.4) is 0 Å². The SMILES string of the molecule is CC1(C(=O)N2CC(N3CCc4c(-c5cnc(N)nc5)nc(N5CCOCC5)nc43)C2)CC1. The molecule has 0 aromatic carbocycles. The Morgan fingerprint density at radius 3 is 2.53 bits per heavy atom. The molecular formula is C22H28N8O2. The summed E-state index contributed by atoms with van der Waals surface area (Å²) in [4.78, 5) is 37.5. The largest absolute Gasteiger partial charge is 0.378 e. The minimum atomic E-state index is -0.109. The first kappa shape index (κ1) is 19.7. The van der Waals surface area contributed by atoms with Crippen molar-refractivity contribution in [1.29, 1.82) is 0 Å². The summed E-state index contributed by atoms with van der Waals surface area (Å²) in [6, 6.07) is 0.297. The summed E-state index contributed by atoms with van der Waals surface area (Å²) in [7, 11) is 0. The van der Waals surface area contributed by atoms with Gasteiger partial charge in [0, 0.05) is 61.7 Å². The Kier molecular flexibility index (Phi) is 4.46. The van der Waals surface area contributed by atoms with Crippen LogP contribution in [0.1, 0.15) is 25.3 Å². The Bertz CT molecular complexity index is 1040. The van der Waals surface area contributed by atoms with Crippen LogP contribution >= 0.6 is 0 Å². The van der Waals surface area contributed by atoms with Crippen LogP contribution in [0.5, 0.6) is 0 Å². The molecule has 10 nitrogen and oxygen atoms in total. The number of rotatable bonds is 4. The standard InChI is InChI=1S/C22H28N8O2/c1-22(3-4-22)19(31)29-12-15(13-29)30-5-2-16-17(14-10-24-20(23)25-11-14)26-21(27-18(16)30)28-6-8-32-9-7-28/h10-11,15H,2-9,12-13H2,1H3,(H2,23,24,25). The third-order valence-corrected chi connectivity index (χ3v) is 7.19. The van der Waals surface area contributed by atoms with Crippen molar-refractivity contribution in [3.8, 4) is 11.3 Å². The highest BCUT2D eigenvalue weighted by molar-refractivity contribution is 5.86. The van der Waals surface area contributed by atoms with Crippen LogP contribution in [0.15, 0.2) is 12.4 Å². The lowest BCUT2D eigenvalue weighted by Crippen LogP contribution is -2.62. The summed E-state index contributed by atoms with van der Waals surface area (Å²) in [5.41, 5.74) is 8.44. The number of carbonyl (C=O) groups excluding carboxylic acids is 1. The van der Waals surface area contributed by atoms with E-state index >= 15 is 0 Å². The average Bonchev–Trinajstić information content (AvgIpc) is 3.41. The molecule has 1 aliphatic carbocycles. The molecule has 0 atom stereocenters. The lowest BCUT2D eigenvalue weighted by Gasteiger charge is -2.45. The van der Waals surface area contributed by atoms with Gasteiger partial charge in [-0.1, -0.05) is 6.92 Å².